The van der Waals surface area contributed by atoms with Crippen molar-refractivity contribution in [3.05, 3.63) is 47.3 Å². The maximum Gasteiger partial charge on any atom is 0.434 e. The standard InChI is InChI=1S/C16H17F3N4O.ClH/c1-10-3-2-4-12(5-10)23-14(16(17,18)19)13(9-22-23)15(24)21-8-11-6-20-7-11;/h2-5,9,11,20H,6-8H2,1H3,(H,21,24);1H. The number of hydrogen-bond donors (Lipinski definition) is 2. The van der Waals surface area contributed by atoms with Gasteiger partial charge in [-0.05, 0) is 24.6 Å². The number of aromatic nitrogens is 2. The molecule has 0 bridgehead atoms. The molecule has 1 fully saturated rings. The number of rotatable bonds is 4. The van der Waals surface area contributed by atoms with Crippen molar-refractivity contribution in [3.63, 3.8) is 0 Å². The van der Waals surface area contributed by atoms with Crippen LogP contribution < -0.4 is 10.6 Å². The number of nitrogens with one attached hydrogen (secondary N) is 2. The van der Waals surface area contributed by atoms with Gasteiger partial charge in [-0.2, -0.15) is 18.3 Å². The summed E-state index contributed by atoms with van der Waals surface area (Å²) in [5.41, 5.74) is -0.446. The molecule has 136 valence electrons. The number of halogens is 4. The van der Waals surface area contributed by atoms with E-state index in [1.54, 1.807) is 25.1 Å². The van der Waals surface area contributed by atoms with E-state index in [1.807, 2.05) is 0 Å². The number of amides is 1. The second-order valence-electron chi connectivity index (χ2n) is 5.89. The molecule has 0 saturated carbocycles. The van der Waals surface area contributed by atoms with E-state index in [0.29, 0.717) is 6.54 Å². The van der Waals surface area contributed by atoms with E-state index in [9.17, 15) is 18.0 Å². The SMILES string of the molecule is Cc1cccc(-n2ncc(C(=O)NCC3CNC3)c2C(F)(F)F)c1.Cl. The molecule has 0 atom stereocenters. The highest BCUT2D eigenvalue weighted by atomic mass is 35.5. The Kier molecular flexibility index (Phi) is 5.74. The fourth-order valence-corrected chi connectivity index (χ4v) is 2.57. The van der Waals surface area contributed by atoms with E-state index in [-0.39, 0.29) is 24.0 Å². The first-order chi connectivity index (χ1) is 11.4. The van der Waals surface area contributed by atoms with Crippen molar-refractivity contribution in [2.75, 3.05) is 19.6 Å². The molecule has 0 unspecified atom stereocenters. The van der Waals surface area contributed by atoms with Gasteiger partial charge in [-0.3, -0.25) is 4.79 Å². The lowest BCUT2D eigenvalue weighted by atomic mass is 10.0. The van der Waals surface area contributed by atoms with Gasteiger partial charge in [0, 0.05) is 25.6 Å². The number of benzene rings is 1. The van der Waals surface area contributed by atoms with Crippen molar-refractivity contribution < 1.29 is 18.0 Å². The highest BCUT2D eigenvalue weighted by Crippen LogP contribution is 2.33. The summed E-state index contributed by atoms with van der Waals surface area (Å²) in [6.07, 6.45) is -3.72. The minimum Gasteiger partial charge on any atom is -0.352 e. The van der Waals surface area contributed by atoms with Crippen LogP contribution in [0, 0.1) is 12.8 Å². The topological polar surface area (TPSA) is 59.0 Å². The smallest absolute Gasteiger partial charge is 0.352 e. The van der Waals surface area contributed by atoms with Crippen LogP contribution in [0.3, 0.4) is 0 Å². The molecule has 9 heteroatoms. The fraction of sp³-hybridized carbons (Fsp3) is 0.375. The third-order valence-electron chi connectivity index (χ3n) is 3.95. The van der Waals surface area contributed by atoms with Gasteiger partial charge in [0.1, 0.15) is 0 Å². The van der Waals surface area contributed by atoms with Crippen LogP contribution in [-0.2, 0) is 6.18 Å². The lowest BCUT2D eigenvalue weighted by Gasteiger charge is -2.27. The van der Waals surface area contributed by atoms with Gasteiger partial charge in [-0.15, -0.1) is 12.4 Å². The summed E-state index contributed by atoms with van der Waals surface area (Å²) in [5.74, 6) is -0.497. The highest BCUT2D eigenvalue weighted by Gasteiger charge is 2.40. The molecule has 2 heterocycles. The Balaban J connectivity index is 0.00000225. The molecule has 1 aliphatic rings. The molecule has 3 rings (SSSR count). The molecule has 1 amide bonds. The minimum atomic E-state index is -4.69. The van der Waals surface area contributed by atoms with E-state index in [4.69, 9.17) is 0 Å². The molecule has 0 spiro atoms. The number of carbonyl (C=O) groups excluding carboxylic acids is 1. The van der Waals surface area contributed by atoms with Crippen LogP contribution in [0.4, 0.5) is 13.2 Å². The molecular formula is C16H18ClF3N4O. The number of nitrogens with zero attached hydrogens (tertiary/aromatic N) is 2. The van der Waals surface area contributed by atoms with E-state index in [2.05, 4.69) is 15.7 Å². The quantitative estimate of drug-likeness (QED) is 0.864. The first kappa shape index (κ1) is 19.3. The zero-order valence-electron chi connectivity index (χ0n) is 13.4. The Hall–Kier alpha value is -2.06. The number of hydrogen-bond acceptors (Lipinski definition) is 3. The van der Waals surface area contributed by atoms with E-state index in [1.165, 1.54) is 6.07 Å². The molecule has 2 N–H and O–H groups in total. The van der Waals surface area contributed by atoms with Crippen LogP contribution in [0.15, 0.2) is 30.5 Å². The molecule has 1 aromatic carbocycles. The van der Waals surface area contributed by atoms with Crippen LogP contribution in [0.2, 0.25) is 0 Å². The van der Waals surface area contributed by atoms with Crippen LogP contribution in [0.25, 0.3) is 5.69 Å². The molecule has 5 nitrogen and oxygen atoms in total. The number of aryl methyl sites for hydroxylation is 1. The minimum absolute atomic E-state index is 0. The maximum atomic E-state index is 13.5. The largest absolute Gasteiger partial charge is 0.434 e. The Morgan fingerprint density at radius 3 is 2.68 bits per heavy atom. The monoisotopic (exact) mass is 374 g/mol. The van der Waals surface area contributed by atoms with Crippen LogP contribution in [0.5, 0.6) is 0 Å². The van der Waals surface area contributed by atoms with Gasteiger partial charge < -0.3 is 10.6 Å². The lowest BCUT2D eigenvalue weighted by molar-refractivity contribution is -0.143. The third-order valence-corrected chi connectivity index (χ3v) is 3.95. The predicted octanol–water partition coefficient (Wildman–Crippen LogP) is 2.57. The van der Waals surface area contributed by atoms with Gasteiger partial charge in [0.05, 0.1) is 17.4 Å². The molecule has 1 aliphatic heterocycles. The molecule has 25 heavy (non-hydrogen) atoms. The van der Waals surface area contributed by atoms with Crippen molar-refractivity contribution in [2.45, 2.75) is 13.1 Å². The van der Waals surface area contributed by atoms with Crippen molar-refractivity contribution >= 4 is 18.3 Å². The molecule has 2 aromatic rings. The van der Waals surface area contributed by atoms with Crippen LogP contribution in [0.1, 0.15) is 21.6 Å². The second-order valence-corrected chi connectivity index (χ2v) is 5.89. The maximum absolute atomic E-state index is 13.5. The average molecular weight is 375 g/mol. The summed E-state index contributed by atoms with van der Waals surface area (Å²) in [4.78, 5) is 12.2. The summed E-state index contributed by atoms with van der Waals surface area (Å²) < 4.78 is 41.3. The molecule has 0 radical (unpaired) electrons. The predicted molar refractivity (Wildman–Crippen MR) is 89.2 cm³/mol. The van der Waals surface area contributed by atoms with Crippen molar-refractivity contribution in [2.24, 2.45) is 5.92 Å². The summed E-state index contributed by atoms with van der Waals surface area (Å²) in [5, 5.41) is 9.40. The average Bonchev–Trinajstić information content (AvgIpc) is 2.90. The summed E-state index contributed by atoms with van der Waals surface area (Å²) in [6, 6.07) is 6.54. The third kappa shape index (κ3) is 4.13. The lowest BCUT2D eigenvalue weighted by Crippen LogP contribution is -2.48. The van der Waals surface area contributed by atoms with Gasteiger partial charge in [0.15, 0.2) is 5.69 Å². The summed E-state index contributed by atoms with van der Waals surface area (Å²) in [7, 11) is 0. The normalized spacial score (nSPS) is 14.6. The van der Waals surface area contributed by atoms with Crippen molar-refractivity contribution in [3.8, 4) is 5.69 Å². The first-order valence-corrected chi connectivity index (χ1v) is 7.57. The van der Waals surface area contributed by atoms with Gasteiger partial charge in [0.2, 0.25) is 0 Å². The highest BCUT2D eigenvalue weighted by molar-refractivity contribution is 5.95. The molecular weight excluding hydrogens is 357 g/mol. The van der Waals surface area contributed by atoms with E-state index < -0.39 is 23.3 Å². The molecule has 0 aliphatic carbocycles. The summed E-state index contributed by atoms with van der Waals surface area (Å²) >= 11 is 0. The Morgan fingerprint density at radius 2 is 2.12 bits per heavy atom. The van der Waals surface area contributed by atoms with Gasteiger partial charge in [-0.1, -0.05) is 12.1 Å². The second kappa shape index (κ2) is 7.45. The van der Waals surface area contributed by atoms with Gasteiger partial charge in [0.25, 0.3) is 5.91 Å². The summed E-state index contributed by atoms with van der Waals surface area (Å²) in [6.45, 7) is 3.64. The van der Waals surface area contributed by atoms with Crippen molar-refractivity contribution in [1.29, 1.82) is 0 Å². The van der Waals surface area contributed by atoms with Crippen LogP contribution >= 0.6 is 12.4 Å². The van der Waals surface area contributed by atoms with E-state index >= 15 is 0 Å². The van der Waals surface area contributed by atoms with Crippen molar-refractivity contribution in [1.82, 2.24) is 20.4 Å². The van der Waals surface area contributed by atoms with E-state index in [0.717, 1.165) is 29.5 Å². The Bertz CT molecular complexity index is 756. The Morgan fingerprint density at radius 1 is 1.40 bits per heavy atom. The Labute approximate surface area is 149 Å². The number of carbonyl (C=O) groups is 1. The molecule has 1 saturated heterocycles. The van der Waals surface area contributed by atoms with Gasteiger partial charge in [-0.25, -0.2) is 4.68 Å². The first-order valence-electron chi connectivity index (χ1n) is 7.57. The van der Waals surface area contributed by atoms with Gasteiger partial charge >= 0.3 is 6.18 Å². The number of alkyl halides is 3. The molecule has 1 aromatic heterocycles. The fourth-order valence-electron chi connectivity index (χ4n) is 2.57. The zero-order chi connectivity index (χ0) is 17.3. The zero-order valence-corrected chi connectivity index (χ0v) is 14.2. The van der Waals surface area contributed by atoms with Crippen LogP contribution in [-0.4, -0.2) is 35.3 Å².